The van der Waals surface area contributed by atoms with Crippen LogP contribution in [-0.2, 0) is 20.1 Å². The standard InChI is InChI=1S/C15H10N.2CH4O.Ir/c1-2-7-13(8-3-1)15-14-9-5-4-6-12(14)10-11-16-15;2*1-2;/h1-7,9-11H;2*2H,1H3;/q-1;;;. The van der Waals surface area contributed by atoms with Gasteiger partial charge in [0, 0.05) is 40.5 Å². The average molecular weight is 461 g/mol. The Labute approximate surface area is 138 Å². The molecule has 0 bridgehead atoms. The Bertz CT molecular complexity index is 625. The number of aliphatic hydroxyl groups excluding tert-OH is 2. The van der Waals surface area contributed by atoms with Gasteiger partial charge < -0.3 is 15.2 Å². The summed E-state index contributed by atoms with van der Waals surface area (Å²) in [5.41, 5.74) is 2.04. The van der Waals surface area contributed by atoms with Crippen LogP contribution in [0, 0.1) is 6.07 Å². The Kier molecular flexibility index (Phi) is 10.3. The Morgan fingerprint density at radius 1 is 0.857 bits per heavy atom. The SMILES string of the molecule is CO.CO.[Ir].[c-]1ccccc1-c1nccc2ccccc12. The summed E-state index contributed by atoms with van der Waals surface area (Å²) in [7, 11) is 2.00. The van der Waals surface area contributed by atoms with Crippen molar-refractivity contribution in [3.05, 3.63) is 66.9 Å². The van der Waals surface area contributed by atoms with Gasteiger partial charge in [-0.15, -0.1) is 35.9 Å². The van der Waals surface area contributed by atoms with E-state index in [1.165, 1.54) is 10.8 Å². The van der Waals surface area contributed by atoms with Gasteiger partial charge in [0.25, 0.3) is 0 Å². The van der Waals surface area contributed by atoms with E-state index in [9.17, 15) is 0 Å². The van der Waals surface area contributed by atoms with Crippen molar-refractivity contribution >= 4 is 10.8 Å². The molecule has 2 aromatic carbocycles. The molecule has 3 nitrogen and oxygen atoms in total. The predicted molar refractivity (Wildman–Crippen MR) is 82.3 cm³/mol. The van der Waals surface area contributed by atoms with Gasteiger partial charge in [-0.05, 0) is 22.5 Å². The fraction of sp³-hybridized carbons (Fsp3) is 0.118. The summed E-state index contributed by atoms with van der Waals surface area (Å²) in [6.07, 6.45) is 1.85. The van der Waals surface area contributed by atoms with E-state index in [0.29, 0.717) is 0 Å². The van der Waals surface area contributed by atoms with Gasteiger partial charge in [0.1, 0.15) is 0 Å². The van der Waals surface area contributed by atoms with Crippen LogP contribution in [0.4, 0.5) is 0 Å². The average Bonchev–Trinajstić information content (AvgIpc) is 2.59. The number of aliphatic hydroxyl groups is 2. The number of aromatic nitrogens is 1. The normalized spacial score (nSPS) is 8.57. The first kappa shape index (κ1) is 19.4. The largest absolute Gasteiger partial charge is 0.400 e. The molecule has 0 aliphatic carbocycles. The third-order valence-electron chi connectivity index (χ3n) is 2.64. The molecule has 1 heterocycles. The minimum Gasteiger partial charge on any atom is -0.400 e. The molecule has 0 saturated carbocycles. The van der Waals surface area contributed by atoms with Crippen LogP contribution in [-0.4, -0.2) is 29.4 Å². The Hall–Kier alpha value is -1.58. The molecule has 113 valence electrons. The summed E-state index contributed by atoms with van der Waals surface area (Å²) in [5.74, 6) is 0. The molecule has 1 radical (unpaired) electrons. The van der Waals surface area contributed by atoms with Crippen molar-refractivity contribution in [2.75, 3.05) is 14.2 Å². The number of nitrogens with zero attached hydrogens (tertiary/aromatic N) is 1. The van der Waals surface area contributed by atoms with Gasteiger partial charge in [0.15, 0.2) is 0 Å². The second-order valence-corrected chi connectivity index (χ2v) is 3.66. The summed E-state index contributed by atoms with van der Waals surface area (Å²) >= 11 is 0. The monoisotopic (exact) mass is 461 g/mol. The molecule has 0 atom stereocenters. The number of rotatable bonds is 1. The predicted octanol–water partition coefficient (Wildman–Crippen LogP) is 2.92. The first-order chi connectivity index (χ1) is 9.95. The van der Waals surface area contributed by atoms with Crippen molar-refractivity contribution in [1.29, 1.82) is 0 Å². The smallest absolute Gasteiger partial charge is 0.0319 e. The van der Waals surface area contributed by atoms with Gasteiger partial charge in [-0.1, -0.05) is 24.3 Å². The molecule has 0 aliphatic rings. The molecule has 3 rings (SSSR count). The van der Waals surface area contributed by atoms with Gasteiger partial charge in [0.2, 0.25) is 0 Å². The van der Waals surface area contributed by atoms with Crippen LogP contribution >= 0.6 is 0 Å². The van der Waals surface area contributed by atoms with Crippen LogP contribution in [0.3, 0.4) is 0 Å². The van der Waals surface area contributed by atoms with E-state index in [1.54, 1.807) is 0 Å². The Morgan fingerprint density at radius 3 is 2.19 bits per heavy atom. The molecule has 0 spiro atoms. The van der Waals surface area contributed by atoms with Gasteiger partial charge in [-0.2, -0.15) is 0 Å². The van der Waals surface area contributed by atoms with E-state index < -0.39 is 0 Å². The molecule has 0 unspecified atom stereocenters. The maximum absolute atomic E-state index is 7.00. The van der Waals surface area contributed by atoms with Crippen LogP contribution in [0.2, 0.25) is 0 Å². The third kappa shape index (κ3) is 5.03. The number of benzene rings is 2. The second kappa shape index (κ2) is 11.1. The number of pyridine rings is 1. The molecule has 0 aliphatic heterocycles. The van der Waals surface area contributed by atoms with Crippen molar-refractivity contribution in [3.8, 4) is 11.3 Å². The fourth-order valence-corrected chi connectivity index (χ4v) is 1.87. The second-order valence-electron chi connectivity index (χ2n) is 3.66. The maximum atomic E-state index is 7.00. The Balaban J connectivity index is 0.000000741. The molecule has 0 amide bonds. The first-order valence-corrected chi connectivity index (χ1v) is 6.15. The molecule has 0 saturated heterocycles. The molecule has 1 aromatic heterocycles. The fourth-order valence-electron chi connectivity index (χ4n) is 1.87. The van der Waals surface area contributed by atoms with Crippen molar-refractivity contribution in [2.24, 2.45) is 0 Å². The van der Waals surface area contributed by atoms with E-state index in [-0.39, 0.29) is 20.1 Å². The molecule has 3 aromatic rings. The molecular weight excluding hydrogens is 442 g/mol. The summed E-state index contributed by atoms with van der Waals surface area (Å²) in [5, 5.41) is 16.4. The molecule has 2 N–H and O–H groups in total. The van der Waals surface area contributed by atoms with E-state index in [2.05, 4.69) is 23.2 Å². The quantitative estimate of drug-likeness (QED) is 0.549. The number of hydrogen-bond donors (Lipinski definition) is 2. The van der Waals surface area contributed by atoms with Crippen LogP contribution in [0.5, 0.6) is 0 Å². The third-order valence-corrected chi connectivity index (χ3v) is 2.64. The van der Waals surface area contributed by atoms with E-state index in [1.807, 2.05) is 48.7 Å². The maximum Gasteiger partial charge on any atom is 0.0319 e. The van der Waals surface area contributed by atoms with Crippen molar-refractivity contribution < 1.29 is 30.3 Å². The van der Waals surface area contributed by atoms with Crippen molar-refractivity contribution in [1.82, 2.24) is 4.98 Å². The van der Waals surface area contributed by atoms with E-state index in [0.717, 1.165) is 25.5 Å². The van der Waals surface area contributed by atoms with Gasteiger partial charge in [-0.3, -0.25) is 0 Å². The van der Waals surface area contributed by atoms with Crippen LogP contribution in [0.1, 0.15) is 0 Å². The van der Waals surface area contributed by atoms with Crippen molar-refractivity contribution in [2.45, 2.75) is 0 Å². The minimum absolute atomic E-state index is 0. The molecular formula is C17H18IrNO2-. The minimum atomic E-state index is 0. The molecule has 0 fully saturated rings. The summed E-state index contributed by atoms with van der Waals surface area (Å²) < 4.78 is 0. The molecule has 4 heteroatoms. The number of hydrogen-bond acceptors (Lipinski definition) is 3. The van der Waals surface area contributed by atoms with Crippen molar-refractivity contribution in [3.63, 3.8) is 0 Å². The van der Waals surface area contributed by atoms with E-state index in [4.69, 9.17) is 10.2 Å². The van der Waals surface area contributed by atoms with Gasteiger partial charge >= 0.3 is 0 Å². The van der Waals surface area contributed by atoms with Gasteiger partial charge in [0.05, 0.1) is 0 Å². The molecule has 21 heavy (non-hydrogen) atoms. The summed E-state index contributed by atoms with van der Waals surface area (Å²) in [6, 6.07) is 21.4. The van der Waals surface area contributed by atoms with E-state index >= 15 is 0 Å². The number of fused-ring (bicyclic) bond motifs is 1. The van der Waals surface area contributed by atoms with Crippen LogP contribution in [0.25, 0.3) is 22.0 Å². The topological polar surface area (TPSA) is 53.4 Å². The van der Waals surface area contributed by atoms with Crippen LogP contribution in [0.15, 0.2) is 60.8 Å². The van der Waals surface area contributed by atoms with Gasteiger partial charge in [-0.25, -0.2) is 0 Å². The summed E-state index contributed by atoms with van der Waals surface area (Å²) in [6.45, 7) is 0. The zero-order valence-corrected chi connectivity index (χ0v) is 14.3. The zero-order valence-electron chi connectivity index (χ0n) is 11.9. The first-order valence-electron chi connectivity index (χ1n) is 6.15. The summed E-state index contributed by atoms with van der Waals surface area (Å²) in [4.78, 5) is 4.45. The zero-order chi connectivity index (χ0) is 14.8. The Morgan fingerprint density at radius 2 is 1.52 bits per heavy atom. The van der Waals surface area contributed by atoms with Crippen LogP contribution < -0.4 is 0 Å².